The molecule has 1 heterocycles. The number of carbonyl (C=O) groups excluding carboxylic acids is 3. The second kappa shape index (κ2) is 7.79. The lowest BCUT2D eigenvalue weighted by Crippen LogP contribution is -2.50. The van der Waals surface area contributed by atoms with Crippen molar-refractivity contribution in [3.8, 4) is 11.8 Å². The van der Waals surface area contributed by atoms with Gasteiger partial charge in [-0.2, -0.15) is 0 Å². The van der Waals surface area contributed by atoms with Gasteiger partial charge in [-0.05, 0) is 67.9 Å². The Bertz CT molecular complexity index is 840. The molecule has 1 aromatic carbocycles. The van der Waals surface area contributed by atoms with Crippen molar-refractivity contribution in [3.63, 3.8) is 0 Å². The third-order valence-corrected chi connectivity index (χ3v) is 6.22. The van der Waals surface area contributed by atoms with Gasteiger partial charge in [0.25, 0.3) is 0 Å². The Hall–Kier alpha value is -2.61. The average molecular weight is 380 g/mol. The second-order valence-corrected chi connectivity index (χ2v) is 8.16. The number of hydrogen-bond acceptors (Lipinski definition) is 3. The van der Waals surface area contributed by atoms with Gasteiger partial charge < -0.3 is 10.2 Å². The molecule has 0 bridgehead atoms. The number of nitrogens with one attached hydrogen (secondary N) is 1. The van der Waals surface area contributed by atoms with Gasteiger partial charge in [0.1, 0.15) is 17.5 Å². The predicted molar refractivity (Wildman–Crippen MR) is 108 cm³/mol. The molecule has 0 unspecified atom stereocenters. The van der Waals surface area contributed by atoms with E-state index in [2.05, 4.69) is 17.2 Å². The number of carbonyl (C=O) groups is 3. The lowest BCUT2D eigenvalue weighted by Gasteiger charge is -2.44. The van der Waals surface area contributed by atoms with E-state index in [0.717, 1.165) is 22.3 Å². The number of piperidine rings is 1. The second-order valence-electron chi connectivity index (χ2n) is 8.16. The van der Waals surface area contributed by atoms with Gasteiger partial charge >= 0.3 is 6.03 Å². The highest BCUT2D eigenvalue weighted by molar-refractivity contribution is 6.10. The molecule has 0 atom stereocenters. The Balaban J connectivity index is 1.82. The van der Waals surface area contributed by atoms with Crippen molar-refractivity contribution < 1.29 is 14.4 Å². The fourth-order valence-corrected chi connectivity index (χ4v) is 4.85. The summed E-state index contributed by atoms with van der Waals surface area (Å²) in [6, 6.07) is 3.83. The highest BCUT2D eigenvalue weighted by Gasteiger charge is 2.47. The minimum atomic E-state index is -0.661. The normalized spacial score (nSPS) is 19.4. The van der Waals surface area contributed by atoms with Crippen LogP contribution in [0, 0.1) is 31.1 Å². The molecule has 2 fully saturated rings. The topological polar surface area (TPSA) is 66.5 Å². The molecular formula is C23H28N2O3. The van der Waals surface area contributed by atoms with E-state index in [0.29, 0.717) is 38.8 Å². The first kappa shape index (κ1) is 20.1. The maximum Gasteiger partial charge on any atom is 0.317 e. The molecule has 0 radical (unpaired) electrons. The first-order valence-electron chi connectivity index (χ1n) is 9.86. The zero-order valence-corrected chi connectivity index (χ0v) is 17.1. The average Bonchev–Trinajstić information content (AvgIpc) is 2.63. The van der Waals surface area contributed by atoms with Crippen LogP contribution < -0.4 is 5.32 Å². The number of ketones is 2. The van der Waals surface area contributed by atoms with Crippen LogP contribution in [0.5, 0.6) is 0 Å². The molecule has 1 spiro atoms. The van der Waals surface area contributed by atoms with Gasteiger partial charge in [-0.3, -0.25) is 9.59 Å². The highest BCUT2D eigenvalue weighted by atomic mass is 16.2. The molecule has 1 aliphatic carbocycles. The largest absolute Gasteiger partial charge is 0.341 e. The van der Waals surface area contributed by atoms with Crippen LogP contribution in [0.15, 0.2) is 12.1 Å². The molecule has 148 valence electrons. The number of benzene rings is 1. The van der Waals surface area contributed by atoms with E-state index in [4.69, 9.17) is 0 Å². The van der Waals surface area contributed by atoms with Gasteiger partial charge in [0, 0.05) is 38.5 Å². The maximum atomic E-state index is 13.1. The van der Waals surface area contributed by atoms with Crippen molar-refractivity contribution in [3.05, 3.63) is 34.4 Å². The molecular weight excluding hydrogens is 352 g/mol. The summed E-state index contributed by atoms with van der Waals surface area (Å²) < 4.78 is 0. The molecule has 2 aliphatic rings. The van der Waals surface area contributed by atoms with Crippen LogP contribution in [0.25, 0.3) is 0 Å². The monoisotopic (exact) mass is 380 g/mol. The van der Waals surface area contributed by atoms with E-state index in [9.17, 15) is 14.4 Å². The molecule has 5 nitrogen and oxygen atoms in total. The minimum Gasteiger partial charge on any atom is -0.341 e. The van der Waals surface area contributed by atoms with Gasteiger partial charge in [-0.15, -0.1) is 5.92 Å². The molecule has 28 heavy (non-hydrogen) atoms. The van der Waals surface area contributed by atoms with Crippen LogP contribution in [-0.2, 0) is 9.59 Å². The van der Waals surface area contributed by atoms with E-state index in [1.54, 1.807) is 18.9 Å². The van der Waals surface area contributed by atoms with Crippen molar-refractivity contribution in [2.75, 3.05) is 20.1 Å². The van der Waals surface area contributed by atoms with E-state index in [1.165, 1.54) is 0 Å². The number of urea groups is 1. The number of hydrogen-bond donors (Lipinski definition) is 1. The Morgan fingerprint density at radius 3 is 2.11 bits per heavy atom. The van der Waals surface area contributed by atoms with Crippen molar-refractivity contribution in [2.45, 2.75) is 52.4 Å². The molecule has 1 aromatic rings. The van der Waals surface area contributed by atoms with Crippen LogP contribution in [0.3, 0.4) is 0 Å². The lowest BCUT2D eigenvalue weighted by atomic mass is 9.62. The van der Waals surface area contributed by atoms with Crippen molar-refractivity contribution in [2.24, 2.45) is 5.41 Å². The zero-order chi connectivity index (χ0) is 20.5. The molecule has 0 aromatic heterocycles. The fourth-order valence-electron chi connectivity index (χ4n) is 4.85. The molecule has 1 N–H and O–H groups in total. The molecule has 1 aliphatic heterocycles. The number of rotatable bonds is 1. The van der Waals surface area contributed by atoms with Gasteiger partial charge in [-0.25, -0.2) is 4.79 Å². The fraction of sp³-hybridized carbons (Fsp3) is 0.522. The summed E-state index contributed by atoms with van der Waals surface area (Å²) in [5.74, 6) is 5.32. The van der Waals surface area contributed by atoms with Crippen LogP contribution in [0.4, 0.5) is 4.79 Å². The Morgan fingerprint density at radius 2 is 1.64 bits per heavy atom. The van der Waals surface area contributed by atoms with Crippen LogP contribution in [0.2, 0.25) is 0 Å². The van der Waals surface area contributed by atoms with Gasteiger partial charge in [0.05, 0.1) is 0 Å². The van der Waals surface area contributed by atoms with E-state index < -0.39 is 5.92 Å². The van der Waals surface area contributed by atoms with E-state index in [1.807, 2.05) is 26.0 Å². The summed E-state index contributed by atoms with van der Waals surface area (Å²) in [7, 11) is 1.62. The molecule has 3 rings (SSSR count). The first-order valence-corrected chi connectivity index (χ1v) is 9.86. The predicted octanol–water partition coefficient (Wildman–Crippen LogP) is 3.11. The number of Topliss-reactive ketones (excluding diaryl/α,β-unsaturated/α-hetero) is 2. The molecule has 1 saturated carbocycles. The number of nitrogens with zero attached hydrogens (tertiary/aromatic N) is 1. The first-order chi connectivity index (χ1) is 13.3. The lowest BCUT2D eigenvalue weighted by molar-refractivity contribution is -0.138. The minimum absolute atomic E-state index is 0.0187. The van der Waals surface area contributed by atoms with Crippen molar-refractivity contribution in [1.82, 2.24) is 10.2 Å². The Kier molecular flexibility index (Phi) is 5.60. The smallest absolute Gasteiger partial charge is 0.317 e. The van der Waals surface area contributed by atoms with Crippen molar-refractivity contribution >= 4 is 17.6 Å². The summed E-state index contributed by atoms with van der Waals surface area (Å²) in [6.45, 7) is 6.88. The maximum absolute atomic E-state index is 13.1. The van der Waals surface area contributed by atoms with Gasteiger partial charge in [0.15, 0.2) is 0 Å². The summed E-state index contributed by atoms with van der Waals surface area (Å²) in [6.07, 6.45) is 2.24. The van der Waals surface area contributed by atoms with Crippen LogP contribution in [-0.4, -0.2) is 42.6 Å². The van der Waals surface area contributed by atoms with Crippen LogP contribution >= 0.6 is 0 Å². The quantitative estimate of drug-likeness (QED) is 0.601. The zero-order valence-electron chi connectivity index (χ0n) is 17.1. The molecule has 1 saturated heterocycles. The molecule has 5 heteroatoms. The number of likely N-dealkylation sites (tertiary alicyclic amines) is 1. The SMILES string of the molecule is CC#Cc1cc(C)c(C2C(=O)CC3(CCN(C(=O)NC)CC3)CC2=O)c(C)c1. The van der Waals surface area contributed by atoms with Crippen molar-refractivity contribution in [1.29, 1.82) is 0 Å². The van der Waals surface area contributed by atoms with Gasteiger partial charge in [-0.1, -0.05) is 5.92 Å². The standard InChI is InChI=1S/C23H28N2O3/c1-5-6-17-11-15(2)20(16(3)12-17)21-18(26)13-23(14-19(21)27)7-9-25(10-8-23)22(28)24-4/h11-12,21H,7-10,13-14H2,1-4H3,(H,24,28). The summed E-state index contributed by atoms with van der Waals surface area (Å²) in [5, 5.41) is 2.64. The van der Waals surface area contributed by atoms with E-state index in [-0.39, 0.29) is 23.0 Å². The summed E-state index contributed by atoms with van der Waals surface area (Å²) in [5.41, 5.74) is 3.39. The Labute approximate surface area is 166 Å². The van der Waals surface area contributed by atoms with Crippen LogP contribution in [0.1, 0.15) is 60.8 Å². The number of aryl methyl sites for hydroxylation is 2. The summed E-state index contributed by atoms with van der Waals surface area (Å²) >= 11 is 0. The number of amides is 2. The van der Waals surface area contributed by atoms with E-state index >= 15 is 0 Å². The highest BCUT2D eigenvalue weighted by Crippen LogP contribution is 2.46. The van der Waals surface area contributed by atoms with Gasteiger partial charge in [0.2, 0.25) is 0 Å². The third kappa shape index (κ3) is 3.69. The molecule has 2 amide bonds. The summed E-state index contributed by atoms with van der Waals surface area (Å²) in [4.78, 5) is 39.8. The third-order valence-electron chi connectivity index (χ3n) is 6.22. The Morgan fingerprint density at radius 1 is 1.11 bits per heavy atom.